The minimum Gasteiger partial charge on any atom is -0.298 e. The van der Waals surface area contributed by atoms with E-state index < -0.39 is 15.9 Å². The number of hydrogen-bond donors (Lipinski definition) is 1. The molecule has 6 nitrogen and oxygen atoms in total. The van der Waals surface area contributed by atoms with Crippen LogP contribution in [0, 0.1) is 5.82 Å². The highest BCUT2D eigenvalue weighted by Crippen LogP contribution is 2.24. The van der Waals surface area contributed by atoms with Crippen LogP contribution in [-0.4, -0.2) is 36.7 Å². The summed E-state index contributed by atoms with van der Waals surface area (Å²) in [5.74, 6) is -0.707. The second kappa shape index (κ2) is 8.63. The Bertz CT molecular complexity index is 1150. The van der Waals surface area contributed by atoms with Gasteiger partial charge in [0.25, 0.3) is 5.91 Å². The molecule has 30 heavy (non-hydrogen) atoms. The SMILES string of the molecule is O=C(Nc1ncc(Cc2ccc(F)cc2)s1)c1cccc(S(=O)(=O)N2CCCC2)c1. The van der Waals surface area contributed by atoms with Crippen molar-refractivity contribution in [1.82, 2.24) is 9.29 Å². The Morgan fingerprint density at radius 1 is 1.13 bits per heavy atom. The Morgan fingerprint density at radius 2 is 1.87 bits per heavy atom. The first kappa shape index (κ1) is 20.6. The molecule has 0 atom stereocenters. The van der Waals surface area contributed by atoms with E-state index in [-0.39, 0.29) is 16.3 Å². The van der Waals surface area contributed by atoms with E-state index in [0.29, 0.717) is 24.6 Å². The third-order valence-corrected chi connectivity index (χ3v) is 7.67. The number of amides is 1. The van der Waals surface area contributed by atoms with Crippen LogP contribution in [0.15, 0.2) is 59.6 Å². The summed E-state index contributed by atoms with van der Waals surface area (Å²) >= 11 is 1.32. The summed E-state index contributed by atoms with van der Waals surface area (Å²) in [5.41, 5.74) is 1.20. The number of aromatic nitrogens is 1. The molecule has 1 fully saturated rings. The maximum absolute atomic E-state index is 13.0. The molecule has 1 aliphatic rings. The molecule has 1 saturated heterocycles. The molecule has 9 heteroatoms. The minimum atomic E-state index is -3.59. The van der Waals surface area contributed by atoms with Gasteiger partial charge in [0.15, 0.2) is 5.13 Å². The third-order valence-electron chi connectivity index (χ3n) is 4.86. The van der Waals surface area contributed by atoms with E-state index in [4.69, 9.17) is 0 Å². The van der Waals surface area contributed by atoms with E-state index in [1.54, 1.807) is 30.5 Å². The first-order valence-electron chi connectivity index (χ1n) is 9.52. The number of hydrogen-bond acceptors (Lipinski definition) is 5. The summed E-state index contributed by atoms with van der Waals surface area (Å²) in [4.78, 5) is 17.9. The van der Waals surface area contributed by atoms with Gasteiger partial charge in [-0.1, -0.05) is 18.2 Å². The first-order valence-corrected chi connectivity index (χ1v) is 11.8. The second-order valence-corrected chi connectivity index (χ2v) is 10.1. The number of nitrogens with one attached hydrogen (secondary N) is 1. The van der Waals surface area contributed by atoms with Gasteiger partial charge in [-0.15, -0.1) is 11.3 Å². The highest BCUT2D eigenvalue weighted by Gasteiger charge is 2.27. The molecular formula is C21H20FN3O3S2. The molecule has 4 rings (SSSR count). The summed E-state index contributed by atoms with van der Waals surface area (Å²) in [7, 11) is -3.59. The average Bonchev–Trinajstić information content (AvgIpc) is 3.43. The van der Waals surface area contributed by atoms with Gasteiger partial charge < -0.3 is 0 Å². The number of anilines is 1. The standard InChI is InChI=1S/C21H20FN3O3S2/c22-17-8-6-15(7-9-17)12-18-14-23-21(29-18)24-20(26)16-4-3-5-19(13-16)30(27,28)25-10-1-2-11-25/h3-9,13-14H,1-2,10-12H2,(H,23,24,26). The number of thiazole rings is 1. The van der Waals surface area contributed by atoms with Gasteiger partial charge in [-0.05, 0) is 48.7 Å². The molecule has 1 N–H and O–H groups in total. The lowest BCUT2D eigenvalue weighted by Gasteiger charge is -2.15. The number of nitrogens with zero attached hydrogens (tertiary/aromatic N) is 2. The van der Waals surface area contributed by atoms with E-state index in [1.165, 1.54) is 39.9 Å². The van der Waals surface area contributed by atoms with Gasteiger partial charge in [0.1, 0.15) is 5.82 Å². The Morgan fingerprint density at radius 3 is 2.60 bits per heavy atom. The van der Waals surface area contributed by atoms with Crippen molar-refractivity contribution >= 4 is 32.4 Å². The number of benzene rings is 2. The number of carbonyl (C=O) groups excluding carboxylic acids is 1. The molecule has 0 spiro atoms. The Kier molecular flexibility index (Phi) is 5.94. The molecule has 2 aromatic carbocycles. The Labute approximate surface area is 178 Å². The van der Waals surface area contributed by atoms with Crippen molar-refractivity contribution in [2.75, 3.05) is 18.4 Å². The van der Waals surface area contributed by atoms with Gasteiger partial charge in [0.05, 0.1) is 4.90 Å². The van der Waals surface area contributed by atoms with Gasteiger partial charge in [-0.25, -0.2) is 17.8 Å². The summed E-state index contributed by atoms with van der Waals surface area (Å²) in [5, 5.41) is 3.14. The van der Waals surface area contributed by atoms with Crippen molar-refractivity contribution < 1.29 is 17.6 Å². The summed E-state index contributed by atoms with van der Waals surface area (Å²) in [6.45, 7) is 1.02. The van der Waals surface area contributed by atoms with Crippen molar-refractivity contribution in [2.24, 2.45) is 0 Å². The van der Waals surface area contributed by atoms with Gasteiger partial charge in [-0.3, -0.25) is 10.1 Å². The summed E-state index contributed by atoms with van der Waals surface area (Å²) < 4.78 is 39.9. The van der Waals surface area contributed by atoms with Crippen LogP contribution in [-0.2, 0) is 16.4 Å². The zero-order valence-electron chi connectivity index (χ0n) is 16.0. The van der Waals surface area contributed by atoms with Gasteiger partial charge in [0.2, 0.25) is 10.0 Å². The quantitative estimate of drug-likeness (QED) is 0.624. The van der Waals surface area contributed by atoms with Gasteiger partial charge in [0, 0.05) is 36.1 Å². The number of sulfonamides is 1. The Balaban J connectivity index is 1.45. The molecular weight excluding hydrogens is 425 g/mol. The molecule has 1 aromatic heterocycles. The van der Waals surface area contributed by atoms with Gasteiger partial charge >= 0.3 is 0 Å². The van der Waals surface area contributed by atoms with E-state index >= 15 is 0 Å². The van der Waals surface area contributed by atoms with Crippen molar-refractivity contribution in [3.8, 4) is 0 Å². The van der Waals surface area contributed by atoms with Crippen LogP contribution in [0.3, 0.4) is 0 Å². The molecule has 2 heterocycles. The van der Waals surface area contributed by atoms with Crippen LogP contribution >= 0.6 is 11.3 Å². The number of carbonyl (C=O) groups is 1. The van der Waals surface area contributed by atoms with E-state index in [1.807, 2.05) is 0 Å². The lowest BCUT2D eigenvalue weighted by Crippen LogP contribution is -2.28. The predicted octanol–water partition coefficient (Wildman–Crippen LogP) is 3.91. The van der Waals surface area contributed by atoms with Crippen LogP contribution < -0.4 is 5.32 Å². The Hall–Kier alpha value is -2.62. The van der Waals surface area contributed by atoms with Crippen molar-refractivity contribution in [3.63, 3.8) is 0 Å². The van der Waals surface area contributed by atoms with Crippen molar-refractivity contribution in [3.05, 3.63) is 76.5 Å². The maximum Gasteiger partial charge on any atom is 0.257 e. The highest BCUT2D eigenvalue weighted by molar-refractivity contribution is 7.89. The zero-order chi connectivity index (χ0) is 21.1. The van der Waals surface area contributed by atoms with E-state index in [9.17, 15) is 17.6 Å². The van der Waals surface area contributed by atoms with E-state index in [2.05, 4.69) is 10.3 Å². The van der Waals surface area contributed by atoms with Crippen LogP contribution in [0.1, 0.15) is 33.6 Å². The van der Waals surface area contributed by atoms with Crippen LogP contribution in [0.25, 0.3) is 0 Å². The van der Waals surface area contributed by atoms with Crippen molar-refractivity contribution in [1.29, 1.82) is 0 Å². The fraction of sp³-hybridized carbons (Fsp3) is 0.238. The molecule has 0 aliphatic carbocycles. The van der Waals surface area contributed by atoms with Gasteiger partial charge in [-0.2, -0.15) is 4.31 Å². The topological polar surface area (TPSA) is 79.4 Å². The number of halogens is 1. The van der Waals surface area contributed by atoms with Crippen LogP contribution in [0.4, 0.5) is 9.52 Å². The summed E-state index contributed by atoms with van der Waals surface area (Å²) in [6, 6.07) is 12.3. The fourth-order valence-electron chi connectivity index (χ4n) is 3.30. The van der Waals surface area contributed by atoms with E-state index in [0.717, 1.165) is 23.3 Å². The number of rotatable bonds is 6. The molecule has 156 valence electrons. The molecule has 0 saturated carbocycles. The lowest BCUT2D eigenvalue weighted by atomic mass is 10.1. The molecule has 0 radical (unpaired) electrons. The predicted molar refractivity (Wildman–Crippen MR) is 114 cm³/mol. The largest absolute Gasteiger partial charge is 0.298 e. The molecule has 0 bridgehead atoms. The zero-order valence-corrected chi connectivity index (χ0v) is 17.7. The summed E-state index contributed by atoms with van der Waals surface area (Å²) in [6.07, 6.45) is 3.95. The fourth-order valence-corrected chi connectivity index (χ4v) is 5.70. The normalized spacial score (nSPS) is 14.7. The van der Waals surface area contributed by atoms with Crippen LogP contribution in [0.2, 0.25) is 0 Å². The minimum absolute atomic E-state index is 0.119. The van der Waals surface area contributed by atoms with Crippen LogP contribution in [0.5, 0.6) is 0 Å². The second-order valence-electron chi connectivity index (χ2n) is 7.03. The molecule has 1 aliphatic heterocycles. The third kappa shape index (κ3) is 4.58. The molecule has 0 unspecified atom stereocenters. The molecule has 1 amide bonds. The molecule has 3 aromatic rings. The first-order chi connectivity index (χ1) is 14.4. The smallest absolute Gasteiger partial charge is 0.257 e. The lowest BCUT2D eigenvalue weighted by molar-refractivity contribution is 0.102. The maximum atomic E-state index is 13.0. The van der Waals surface area contributed by atoms with Crippen molar-refractivity contribution in [2.45, 2.75) is 24.2 Å². The average molecular weight is 446 g/mol. The monoisotopic (exact) mass is 445 g/mol. The highest BCUT2D eigenvalue weighted by atomic mass is 32.2.